The van der Waals surface area contributed by atoms with Crippen molar-refractivity contribution in [1.29, 1.82) is 0 Å². The third-order valence-electron chi connectivity index (χ3n) is 0.285. The summed E-state index contributed by atoms with van der Waals surface area (Å²) in [7, 11) is 0. The van der Waals surface area contributed by atoms with Crippen LogP contribution >= 0.6 is 12.2 Å². The van der Waals surface area contributed by atoms with Crippen LogP contribution in [0.4, 0.5) is 4.79 Å². The van der Waals surface area contributed by atoms with Crippen LogP contribution < -0.4 is 34.0 Å². The normalized spacial score (nSPS) is 6.60. The molecule has 60 valence electrons. The molecule has 0 aromatic heterocycles. The van der Waals surface area contributed by atoms with E-state index in [0.29, 0.717) is 0 Å². The average Bonchev–Trinajstić information content (AvgIpc) is 1.89. The summed E-state index contributed by atoms with van der Waals surface area (Å²) < 4.78 is 0. The summed E-state index contributed by atoms with van der Waals surface area (Å²) in [5.41, 5.74) is 12.9. The van der Waals surface area contributed by atoms with E-state index >= 15 is 0 Å². The molecule has 0 fully saturated rings. The van der Waals surface area contributed by atoms with Gasteiger partial charge in [0.2, 0.25) is 0 Å². The number of rotatable bonds is 0. The molecule has 0 radical (unpaired) electrons. The molecule has 0 heterocycles. The fourth-order valence-corrected chi connectivity index (χ4v) is 0. The fraction of sp³-hybridized carbons (Fsp3) is 0. The van der Waals surface area contributed by atoms with Gasteiger partial charge in [-0.05, 0) is 12.2 Å². The first-order chi connectivity index (χ1) is 4.54. The van der Waals surface area contributed by atoms with Crippen molar-refractivity contribution >= 4 is 23.4 Å². The Kier molecular flexibility index (Phi) is 9.18. The van der Waals surface area contributed by atoms with Gasteiger partial charge >= 0.3 is 6.03 Å². The fourth-order valence-electron chi connectivity index (χ4n) is 0. The van der Waals surface area contributed by atoms with Crippen LogP contribution in [-0.2, 0) is 0 Å². The first-order valence-electron chi connectivity index (χ1n) is 2.06. The van der Waals surface area contributed by atoms with E-state index in [1.54, 1.807) is 5.43 Å². The molecule has 10 N–H and O–H groups in total. The number of carbonyl (C=O) groups excluding carboxylic acids is 1. The number of carbonyl (C=O) groups is 1. The largest absolute Gasteiger partial charge is 0.375 e. The molecular formula is C2H10N6OS. The number of thiocarbonyl (C=S) groups is 1. The molecule has 7 nitrogen and oxygen atoms in total. The van der Waals surface area contributed by atoms with Crippen LogP contribution in [0.1, 0.15) is 0 Å². The van der Waals surface area contributed by atoms with Crippen LogP contribution in [0.25, 0.3) is 0 Å². The Bertz CT molecular complexity index is 100. The summed E-state index contributed by atoms with van der Waals surface area (Å²) in [6.07, 6.45) is 0. The SMILES string of the molecule is NNC(N)=O.NNC(N)=S. The van der Waals surface area contributed by atoms with Crippen molar-refractivity contribution in [3.8, 4) is 0 Å². The van der Waals surface area contributed by atoms with Crippen molar-refractivity contribution < 1.29 is 4.79 Å². The van der Waals surface area contributed by atoms with Gasteiger partial charge in [0.25, 0.3) is 0 Å². The smallest absolute Gasteiger partial charge is 0.326 e. The molecule has 0 bridgehead atoms. The minimum absolute atomic E-state index is 0.116. The highest BCUT2D eigenvalue weighted by molar-refractivity contribution is 7.80. The van der Waals surface area contributed by atoms with Gasteiger partial charge in [0.05, 0.1) is 0 Å². The summed E-state index contributed by atoms with van der Waals surface area (Å²) in [5.74, 6) is 9.10. The summed E-state index contributed by atoms with van der Waals surface area (Å²) in [6, 6.07) is -0.718. The Morgan fingerprint density at radius 2 is 1.40 bits per heavy atom. The number of hydrogen-bond acceptors (Lipinski definition) is 4. The minimum Gasteiger partial charge on any atom is -0.375 e. The summed E-state index contributed by atoms with van der Waals surface area (Å²) in [5, 5.41) is 0.116. The topological polar surface area (TPSA) is 145 Å². The zero-order valence-electron chi connectivity index (χ0n) is 5.13. The number of urea groups is 1. The number of amides is 2. The number of nitrogens with two attached hydrogens (primary N) is 4. The predicted octanol–water partition coefficient (Wildman–Crippen LogP) is -2.78. The van der Waals surface area contributed by atoms with Gasteiger partial charge in [-0.3, -0.25) is 5.43 Å². The molecule has 0 unspecified atom stereocenters. The number of primary amides is 1. The summed E-state index contributed by atoms with van der Waals surface area (Å²) in [4.78, 5) is 9.35. The van der Waals surface area contributed by atoms with E-state index in [-0.39, 0.29) is 5.11 Å². The lowest BCUT2D eigenvalue weighted by atomic mass is 11.2. The van der Waals surface area contributed by atoms with Crippen molar-refractivity contribution in [3.63, 3.8) is 0 Å². The number of nitrogens with one attached hydrogen (secondary N) is 2. The molecule has 0 aliphatic rings. The van der Waals surface area contributed by atoms with E-state index < -0.39 is 6.03 Å². The lowest BCUT2D eigenvalue weighted by Gasteiger charge is -1.85. The van der Waals surface area contributed by atoms with E-state index in [9.17, 15) is 4.79 Å². The third-order valence-corrected chi connectivity index (χ3v) is 0.402. The van der Waals surface area contributed by atoms with Crippen LogP contribution in [-0.4, -0.2) is 11.1 Å². The molecule has 8 heteroatoms. The molecule has 0 atom stereocenters. The average molecular weight is 166 g/mol. The van der Waals surface area contributed by atoms with E-state index in [1.165, 1.54) is 0 Å². The molecule has 0 spiro atoms. The Morgan fingerprint density at radius 3 is 1.40 bits per heavy atom. The van der Waals surface area contributed by atoms with E-state index in [4.69, 9.17) is 5.73 Å². The van der Waals surface area contributed by atoms with Crippen LogP contribution in [0.5, 0.6) is 0 Å². The van der Waals surface area contributed by atoms with Gasteiger partial charge in [-0.2, -0.15) is 0 Å². The Morgan fingerprint density at radius 1 is 1.20 bits per heavy atom. The molecule has 0 saturated heterocycles. The first-order valence-corrected chi connectivity index (χ1v) is 2.47. The molecule has 0 aromatic rings. The second kappa shape index (κ2) is 7.88. The van der Waals surface area contributed by atoms with Gasteiger partial charge in [-0.25, -0.2) is 16.5 Å². The highest BCUT2D eigenvalue weighted by Crippen LogP contribution is 1.40. The van der Waals surface area contributed by atoms with E-state index in [0.717, 1.165) is 0 Å². The van der Waals surface area contributed by atoms with Crippen LogP contribution in [0.3, 0.4) is 0 Å². The Balaban J connectivity index is 0. The number of hydrogen-bond donors (Lipinski definition) is 6. The quantitative estimate of drug-likeness (QED) is 0.0993. The van der Waals surface area contributed by atoms with Gasteiger partial charge in [0, 0.05) is 0 Å². The van der Waals surface area contributed by atoms with Gasteiger partial charge < -0.3 is 16.9 Å². The molecule has 0 aromatic carbocycles. The van der Waals surface area contributed by atoms with Crippen molar-refractivity contribution in [3.05, 3.63) is 0 Å². The minimum atomic E-state index is -0.718. The van der Waals surface area contributed by atoms with Gasteiger partial charge in [-0.1, -0.05) is 0 Å². The lowest BCUT2D eigenvalue weighted by molar-refractivity contribution is 0.249. The van der Waals surface area contributed by atoms with Crippen LogP contribution in [0.2, 0.25) is 0 Å². The zero-order chi connectivity index (χ0) is 8.57. The molecule has 2 amide bonds. The highest BCUT2D eigenvalue weighted by Gasteiger charge is 1.73. The summed E-state index contributed by atoms with van der Waals surface area (Å²) >= 11 is 4.24. The van der Waals surface area contributed by atoms with Crippen molar-refractivity contribution in [2.75, 3.05) is 0 Å². The Labute approximate surface area is 63.0 Å². The van der Waals surface area contributed by atoms with Gasteiger partial charge in [0.15, 0.2) is 5.11 Å². The monoisotopic (exact) mass is 166 g/mol. The molecule has 0 saturated carbocycles. The number of hydrazine groups is 2. The van der Waals surface area contributed by atoms with Crippen molar-refractivity contribution in [2.45, 2.75) is 0 Å². The van der Waals surface area contributed by atoms with Crippen molar-refractivity contribution in [1.82, 2.24) is 10.9 Å². The van der Waals surface area contributed by atoms with Gasteiger partial charge in [-0.15, -0.1) is 0 Å². The maximum atomic E-state index is 9.35. The lowest BCUT2D eigenvalue weighted by Crippen LogP contribution is -2.34. The predicted molar refractivity (Wildman–Crippen MR) is 41.0 cm³/mol. The second-order valence-corrected chi connectivity index (χ2v) is 1.46. The molecule has 10 heavy (non-hydrogen) atoms. The third kappa shape index (κ3) is 28.7. The van der Waals surface area contributed by atoms with E-state index in [2.05, 4.69) is 29.6 Å². The molecule has 0 rings (SSSR count). The molecular weight excluding hydrogens is 156 g/mol. The second-order valence-electron chi connectivity index (χ2n) is 1.02. The molecule has 0 aliphatic heterocycles. The zero-order valence-corrected chi connectivity index (χ0v) is 5.94. The highest BCUT2D eigenvalue weighted by atomic mass is 32.1. The van der Waals surface area contributed by atoms with E-state index in [1.807, 2.05) is 5.43 Å². The summed E-state index contributed by atoms with van der Waals surface area (Å²) in [6.45, 7) is 0. The maximum absolute atomic E-state index is 9.35. The van der Waals surface area contributed by atoms with Gasteiger partial charge in [0.1, 0.15) is 0 Å². The molecule has 0 aliphatic carbocycles. The first kappa shape index (κ1) is 11.6. The maximum Gasteiger partial charge on any atom is 0.326 e. The van der Waals surface area contributed by atoms with Crippen LogP contribution in [0, 0.1) is 0 Å². The Hall–Kier alpha value is -1.12. The standard InChI is InChI=1S/CH5N3O.CH5N3S/c2*2-1(5)4-3/h2*3H2,(H3,2,4,5). The van der Waals surface area contributed by atoms with Crippen molar-refractivity contribution in [2.24, 2.45) is 23.2 Å². The van der Waals surface area contributed by atoms with Crippen LogP contribution in [0.15, 0.2) is 0 Å².